The zero-order valence-corrected chi connectivity index (χ0v) is 14.9. The van der Waals surface area contributed by atoms with Crippen molar-refractivity contribution in [3.05, 3.63) is 30.5 Å². The number of carbonyl (C=O) groups excluding carboxylic acids is 1. The number of benzene rings is 1. The van der Waals surface area contributed by atoms with Gasteiger partial charge in [-0.05, 0) is 43.4 Å². The monoisotopic (exact) mass is 345 g/mol. The summed E-state index contributed by atoms with van der Waals surface area (Å²) in [5.74, 6) is 0. The van der Waals surface area contributed by atoms with Gasteiger partial charge in [-0.1, -0.05) is 13.0 Å². The number of aryl methyl sites for hydroxylation is 1. The van der Waals surface area contributed by atoms with E-state index in [0.717, 1.165) is 24.2 Å². The van der Waals surface area contributed by atoms with Gasteiger partial charge in [0.15, 0.2) is 0 Å². The van der Waals surface area contributed by atoms with Gasteiger partial charge in [0.1, 0.15) is 0 Å². The van der Waals surface area contributed by atoms with E-state index in [1.54, 1.807) is 11.8 Å². The molecule has 2 heterocycles. The molecule has 0 radical (unpaired) electrons. The maximum Gasteiger partial charge on any atom is 0.322 e. The third kappa shape index (κ3) is 4.14. The molecule has 2 amide bonds. The second-order valence-electron chi connectivity index (χ2n) is 6.72. The molecule has 2 aromatic rings. The van der Waals surface area contributed by atoms with Crippen LogP contribution in [0.3, 0.4) is 0 Å². The maximum absolute atomic E-state index is 12.7. The SMILES string of the molecule is CCCn1ccc2ccc(NC(=O)N3CCOCC3CC(C)O)cc21. The Labute approximate surface area is 148 Å². The fourth-order valence-electron chi connectivity index (χ4n) is 3.40. The number of fused-ring (bicyclic) bond motifs is 1. The molecule has 0 saturated carbocycles. The minimum absolute atomic E-state index is 0.0959. The van der Waals surface area contributed by atoms with Crippen LogP contribution in [0.25, 0.3) is 10.9 Å². The highest BCUT2D eigenvalue weighted by molar-refractivity contribution is 5.93. The first-order valence-corrected chi connectivity index (χ1v) is 9.00. The molecule has 25 heavy (non-hydrogen) atoms. The van der Waals surface area contributed by atoms with Crippen LogP contribution in [0.15, 0.2) is 30.5 Å². The van der Waals surface area contributed by atoms with E-state index in [4.69, 9.17) is 4.74 Å². The van der Waals surface area contributed by atoms with Crippen molar-refractivity contribution in [1.82, 2.24) is 9.47 Å². The summed E-state index contributed by atoms with van der Waals surface area (Å²) < 4.78 is 7.67. The molecule has 6 heteroatoms. The Morgan fingerprint density at radius 3 is 3.04 bits per heavy atom. The molecule has 3 rings (SSSR count). The molecule has 2 N–H and O–H groups in total. The van der Waals surface area contributed by atoms with Crippen LogP contribution in [0, 0.1) is 0 Å². The number of anilines is 1. The average molecular weight is 345 g/mol. The molecule has 1 aromatic carbocycles. The van der Waals surface area contributed by atoms with E-state index in [-0.39, 0.29) is 12.1 Å². The lowest BCUT2D eigenvalue weighted by molar-refractivity contribution is -0.00160. The van der Waals surface area contributed by atoms with Crippen LogP contribution in [0.4, 0.5) is 10.5 Å². The third-order valence-corrected chi connectivity index (χ3v) is 4.59. The summed E-state index contributed by atoms with van der Waals surface area (Å²) in [6.45, 7) is 6.38. The van der Waals surface area contributed by atoms with Crippen molar-refractivity contribution in [1.29, 1.82) is 0 Å². The number of nitrogens with one attached hydrogen (secondary N) is 1. The Bertz CT molecular complexity index is 726. The number of hydrogen-bond donors (Lipinski definition) is 2. The van der Waals surface area contributed by atoms with Crippen LogP contribution in [0.5, 0.6) is 0 Å². The second-order valence-corrected chi connectivity index (χ2v) is 6.72. The van der Waals surface area contributed by atoms with E-state index in [1.807, 2.05) is 18.2 Å². The third-order valence-electron chi connectivity index (χ3n) is 4.59. The predicted octanol–water partition coefficient (Wildman–Crippen LogP) is 3.05. The van der Waals surface area contributed by atoms with Crippen molar-refractivity contribution >= 4 is 22.6 Å². The number of hydrogen-bond acceptors (Lipinski definition) is 3. The van der Waals surface area contributed by atoms with Gasteiger partial charge in [0.05, 0.1) is 30.9 Å². The number of nitrogens with zero attached hydrogens (tertiary/aromatic N) is 2. The number of amides is 2. The van der Waals surface area contributed by atoms with Gasteiger partial charge < -0.3 is 24.6 Å². The summed E-state index contributed by atoms with van der Waals surface area (Å²) in [4.78, 5) is 14.5. The predicted molar refractivity (Wildman–Crippen MR) is 98.9 cm³/mol. The van der Waals surface area contributed by atoms with Gasteiger partial charge in [0, 0.05) is 25.0 Å². The molecule has 1 aliphatic rings. The lowest BCUT2D eigenvalue weighted by Crippen LogP contribution is -2.51. The quantitative estimate of drug-likeness (QED) is 0.875. The first-order chi connectivity index (χ1) is 12.1. The number of aliphatic hydroxyl groups is 1. The zero-order valence-electron chi connectivity index (χ0n) is 14.9. The Hall–Kier alpha value is -2.05. The first-order valence-electron chi connectivity index (χ1n) is 9.00. The molecular formula is C19H27N3O3. The minimum Gasteiger partial charge on any atom is -0.393 e. The Balaban J connectivity index is 1.75. The van der Waals surface area contributed by atoms with Crippen LogP contribution < -0.4 is 5.32 Å². The van der Waals surface area contributed by atoms with Crippen LogP contribution in [0.1, 0.15) is 26.7 Å². The van der Waals surface area contributed by atoms with E-state index in [1.165, 1.54) is 5.39 Å². The molecule has 0 aliphatic carbocycles. The molecule has 1 saturated heterocycles. The van der Waals surface area contributed by atoms with Crippen LogP contribution >= 0.6 is 0 Å². The molecule has 6 nitrogen and oxygen atoms in total. The van der Waals surface area contributed by atoms with Crippen LogP contribution in [-0.4, -0.2) is 52.5 Å². The normalized spacial score (nSPS) is 19.2. The zero-order chi connectivity index (χ0) is 17.8. The fourth-order valence-corrected chi connectivity index (χ4v) is 3.40. The van der Waals surface area contributed by atoms with Crippen molar-refractivity contribution in [2.45, 2.75) is 45.4 Å². The lowest BCUT2D eigenvalue weighted by Gasteiger charge is -2.36. The lowest BCUT2D eigenvalue weighted by atomic mass is 10.1. The number of rotatable bonds is 5. The number of morpholine rings is 1. The van der Waals surface area contributed by atoms with E-state index in [9.17, 15) is 9.90 Å². The average Bonchev–Trinajstić information content (AvgIpc) is 2.97. The standard InChI is InChI=1S/C19H27N3O3/c1-3-7-21-8-6-15-4-5-16(12-18(15)21)20-19(24)22-9-10-25-13-17(22)11-14(2)23/h4-6,8,12,14,17,23H,3,7,9-11,13H2,1-2H3,(H,20,24). The molecule has 0 bridgehead atoms. The number of ether oxygens (including phenoxy) is 1. The van der Waals surface area contributed by atoms with Crippen molar-refractivity contribution < 1.29 is 14.6 Å². The van der Waals surface area contributed by atoms with Gasteiger partial charge in [-0.15, -0.1) is 0 Å². The topological polar surface area (TPSA) is 66.7 Å². The smallest absolute Gasteiger partial charge is 0.322 e. The van der Waals surface area contributed by atoms with Gasteiger partial charge in [0.2, 0.25) is 0 Å². The summed E-state index contributed by atoms with van der Waals surface area (Å²) in [6.07, 6.45) is 3.21. The summed E-state index contributed by atoms with van der Waals surface area (Å²) in [7, 11) is 0. The Kier molecular flexibility index (Phi) is 5.60. The van der Waals surface area contributed by atoms with Crippen molar-refractivity contribution in [2.24, 2.45) is 0 Å². The summed E-state index contributed by atoms with van der Waals surface area (Å²) in [5.41, 5.74) is 1.91. The van der Waals surface area contributed by atoms with Crippen molar-refractivity contribution in [3.8, 4) is 0 Å². The molecule has 0 spiro atoms. The Morgan fingerprint density at radius 1 is 1.44 bits per heavy atom. The maximum atomic E-state index is 12.7. The molecule has 2 atom stereocenters. The molecular weight excluding hydrogens is 318 g/mol. The molecule has 2 unspecified atom stereocenters. The van der Waals surface area contributed by atoms with E-state index < -0.39 is 6.10 Å². The van der Waals surface area contributed by atoms with Gasteiger partial charge in [-0.2, -0.15) is 0 Å². The number of urea groups is 1. The molecule has 1 aliphatic heterocycles. The number of carbonyl (C=O) groups is 1. The Morgan fingerprint density at radius 2 is 2.28 bits per heavy atom. The van der Waals surface area contributed by atoms with Gasteiger partial charge >= 0.3 is 6.03 Å². The highest BCUT2D eigenvalue weighted by Gasteiger charge is 2.28. The first kappa shape index (κ1) is 17.8. The highest BCUT2D eigenvalue weighted by atomic mass is 16.5. The van der Waals surface area contributed by atoms with E-state index in [2.05, 4.69) is 29.1 Å². The number of aromatic nitrogens is 1. The van der Waals surface area contributed by atoms with Crippen molar-refractivity contribution in [2.75, 3.05) is 25.1 Å². The van der Waals surface area contributed by atoms with E-state index in [0.29, 0.717) is 26.2 Å². The second kappa shape index (κ2) is 7.89. The fraction of sp³-hybridized carbons (Fsp3) is 0.526. The van der Waals surface area contributed by atoms with Crippen molar-refractivity contribution in [3.63, 3.8) is 0 Å². The van der Waals surface area contributed by atoms with E-state index >= 15 is 0 Å². The summed E-state index contributed by atoms with van der Waals surface area (Å²) in [5, 5.41) is 13.8. The van der Waals surface area contributed by atoms with Gasteiger partial charge in [0.25, 0.3) is 0 Å². The molecule has 136 valence electrons. The van der Waals surface area contributed by atoms with Crippen LogP contribution in [-0.2, 0) is 11.3 Å². The highest BCUT2D eigenvalue weighted by Crippen LogP contribution is 2.22. The van der Waals surface area contributed by atoms with Crippen LogP contribution in [0.2, 0.25) is 0 Å². The summed E-state index contributed by atoms with van der Waals surface area (Å²) in [6, 6.07) is 7.84. The molecule has 1 aromatic heterocycles. The molecule has 1 fully saturated rings. The largest absolute Gasteiger partial charge is 0.393 e. The summed E-state index contributed by atoms with van der Waals surface area (Å²) >= 11 is 0. The van der Waals surface area contributed by atoms with Gasteiger partial charge in [-0.25, -0.2) is 4.79 Å². The van der Waals surface area contributed by atoms with Gasteiger partial charge in [-0.3, -0.25) is 0 Å². The minimum atomic E-state index is -0.462. The number of aliphatic hydroxyl groups excluding tert-OH is 1.